The van der Waals surface area contributed by atoms with E-state index in [1.807, 2.05) is 91.0 Å². The van der Waals surface area contributed by atoms with Crippen molar-refractivity contribution in [2.24, 2.45) is 57.3 Å². The predicted molar refractivity (Wildman–Crippen MR) is 637 cm³/mol. The molecule has 0 aromatic heterocycles. The Labute approximate surface area is 918 Å². The van der Waals surface area contributed by atoms with E-state index in [0.29, 0.717) is 93.7 Å². The summed E-state index contributed by atoms with van der Waals surface area (Å²) >= 11 is 0. The fraction of sp³-hybridized carbons (Fsp3) is 0.777. The van der Waals surface area contributed by atoms with Crippen LogP contribution in [-0.4, -0.2) is 212 Å². The number of benzene rings is 3. The van der Waals surface area contributed by atoms with E-state index >= 15 is 0 Å². The lowest BCUT2D eigenvalue weighted by molar-refractivity contribution is -0.141. The molecule has 4 saturated carbocycles. The molecule has 7 rings (SSSR count). The van der Waals surface area contributed by atoms with E-state index in [9.17, 15) is 49.5 Å². The second-order valence-electron chi connectivity index (χ2n) is 52.9. The number of allylic oxidation sites excluding steroid dienone is 1. The highest BCUT2D eigenvalue weighted by molar-refractivity contribution is 6.76. The lowest BCUT2D eigenvalue weighted by Crippen LogP contribution is -2.45. The maximum Gasteiger partial charge on any atom is 0.305 e. The van der Waals surface area contributed by atoms with Crippen LogP contribution in [0.25, 0.3) is 0 Å². The van der Waals surface area contributed by atoms with Crippen LogP contribution in [0.15, 0.2) is 114 Å². The monoisotopic (exact) mass is 2200 g/mol. The first kappa shape index (κ1) is 139. The van der Waals surface area contributed by atoms with Crippen molar-refractivity contribution in [1.82, 2.24) is 0 Å². The number of methoxy groups -OCH3 is 3. The van der Waals surface area contributed by atoms with Crippen molar-refractivity contribution < 1.29 is 95.4 Å². The number of aliphatic hydroxyl groups is 5. The second kappa shape index (κ2) is 66.1. The highest BCUT2D eigenvalue weighted by Crippen LogP contribution is 2.54. The highest BCUT2D eigenvalue weighted by Gasteiger charge is 2.56. The number of carboxylic acid groups (broad SMARTS) is 1. The number of ether oxygens (including phenoxy) is 3. The Kier molecular flexibility index (Phi) is 61.3. The van der Waals surface area contributed by atoms with E-state index in [1.54, 1.807) is 6.21 Å². The first-order valence-electron chi connectivity index (χ1n) is 57.5. The summed E-state index contributed by atoms with van der Waals surface area (Å²) in [5.41, 5.74) is 7.83. The lowest BCUT2D eigenvalue weighted by atomic mass is 9.85. The van der Waals surface area contributed by atoms with Gasteiger partial charge in [0.1, 0.15) is 12.4 Å². The molecule has 0 saturated heterocycles. The summed E-state index contributed by atoms with van der Waals surface area (Å²) in [6, 6.07) is 28.7. The van der Waals surface area contributed by atoms with Gasteiger partial charge in [0.05, 0.1) is 93.7 Å². The van der Waals surface area contributed by atoms with Crippen LogP contribution in [0.1, 0.15) is 356 Å². The van der Waals surface area contributed by atoms with Gasteiger partial charge in [0.25, 0.3) is 0 Å². The molecule has 4 fully saturated rings. The molecule has 4 aliphatic rings. The third kappa shape index (κ3) is 50.0. The fourth-order valence-electron chi connectivity index (χ4n) is 19.7. The van der Waals surface area contributed by atoms with Crippen LogP contribution < -0.4 is 5.73 Å². The molecule has 3 aromatic rings. The fourth-order valence-corrected chi connectivity index (χ4v) is 28.0. The van der Waals surface area contributed by atoms with Gasteiger partial charge in [-0.15, -0.1) is 6.58 Å². The molecule has 0 heterocycles. The Bertz CT molecular complexity index is 4310. The van der Waals surface area contributed by atoms with Crippen molar-refractivity contribution in [3.8, 4) is 0 Å². The summed E-state index contributed by atoms with van der Waals surface area (Å²) < 4.78 is 57.1. The smallest absolute Gasteiger partial charge is 0.305 e. The SMILES string of the molecule is C=CCC[C@H]1C(O[Si](C)(C)C(C)(C)C)C[C@H](O[Si](C)(C)C(C)(C)C)[C@@H]1CCCCCCC(=O)OC.COC(=O)CCCCCC[C@H]1[C@@H](O[Si](C)(C)C(C)(C)C)CC(O[Si](C)(C)C(C)(C)C)[C@@H]1CCC(O)C=Nc1ccccc1.COC(=O)CCCCCC[C@H]1[C@@H](O[Si](C)(C)C(C)(C)C)CC(O[Si](C)(C)C(C)(C)C)[C@@H]1CCC(O)C=O.Nc1ccccc1.O=C(O)CCCCCC[C@@H]1[C@@H](CCC(O)C=Nc2ccccc2)[C@H](O)C[C@@H]1O. The summed E-state index contributed by atoms with van der Waals surface area (Å²) in [5.74, 6) is 1.23. The van der Waals surface area contributed by atoms with E-state index in [4.69, 9.17) is 51.6 Å². The molecule has 0 spiro atoms. The van der Waals surface area contributed by atoms with Crippen molar-refractivity contribution >= 4 is 110 Å². The molecule has 19 atom stereocenters. The van der Waals surface area contributed by atoms with Crippen LogP contribution in [0.5, 0.6) is 0 Å². The van der Waals surface area contributed by atoms with Gasteiger partial charge in [0.2, 0.25) is 0 Å². The average Bonchev–Trinajstić information content (AvgIpc) is 1.61. The van der Waals surface area contributed by atoms with Crippen LogP contribution in [-0.2, 0) is 64.7 Å². The highest BCUT2D eigenvalue weighted by atomic mass is 28.4. The van der Waals surface area contributed by atoms with Gasteiger partial charge in [0.15, 0.2) is 49.9 Å². The third-order valence-electron chi connectivity index (χ3n) is 35.2. The number of anilines is 1. The van der Waals surface area contributed by atoms with E-state index < -0.39 is 86.4 Å². The number of aliphatic carboxylic acids is 1. The summed E-state index contributed by atoms with van der Waals surface area (Å²) in [5, 5.41) is 61.4. The molecule has 3 aromatic carbocycles. The standard InChI is InChI=1S/C35H63NO5Si2.C29H58O6Si2.C29H58O4Si2.C22H33NO5.C6H7N/c1-34(2,3)42(8,9)40-31-25-32(41-43(10,11)35(4,5)6)30(29(31)21-17-12-13-18-22-33(38)39-7)24-23-28(37)26-36-27-19-15-14-16-20-27;1-28(2,3)36(8,9)34-25-20-26(35-37(10,11)29(4,5)6)24(19-18-22(31)21-30)23(25)16-14-12-13-15-17-27(32)33-7;1-13-14-19-23-24(20-17-15-16-18-21-27(30)31-8)26(33-35(11,12)29(5,6)7)22-25(23)32-34(9,10)28(2,3)4;24-17(15-23-16-8-4-3-5-9-16)12-13-19-18(20(25)14-21(19)26)10-6-1-2-7-11-22(27)28;7-6-4-2-1-3-5-6/h14-16,19-20,26,28-32,37H,12-13,17-18,21-25H2,1-11H3;21-26,31H,12-20H2,1-11H3;13,23-26H,1,14-22H2,2-12H3;3-5,8-9,15,17-21,24-26H,1-2,6-7,10-14H2,(H,27,28);1-5H,7H2/t28?,29-,30-,31+,32?;22?,23-,24-,25+,26?;23-,24-,25?,26+;17?,18-,19-,20+,21-;/m1111./s1. The molecule has 0 aliphatic heterocycles. The van der Waals surface area contributed by atoms with Gasteiger partial charge in [-0.05, 0) is 321 Å². The zero-order chi connectivity index (χ0) is 114. The number of nitrogens with two attached hydrogens (primary N) is 1. The minimum atomic E-state index is -2.02. The zero-order valence-electron chi connectivity index (χ0n) is 100. The second-order valence-corrected chi connectivity index (χ2v) is 81.4. The van der Waals surface area contributed by atoms with Crippen LogP contribution in [0.3, 0.4) is 0 Å². The summed E-state index contributed by atoms with van der Waals surface area (Å²) in [7, 11) is -7.44. The minimum Gasteiger partial charge on any atom is -0.481 e. The number of nitrogen functional groups attached to an aromatic ring is 1. The number of aliphatic imine (C=N–C) groups is 2. The topological polar surface area (TPSA) is 341 Å². The Balaban J connectivity index is 0.000000505. The Morgan fingerprint density at radius 2 is 0.567 bits per heavy atom. The number of aliphatic hydroxyl groups excluding tert-OH is 5. The maximum absolute atomic E-state index is 11.6. The largest absolute Gasteiger partial charge is 0.481 e. The molecule has 0 amide bonds. The third-order valence-corrected chi connectivity index (χ3v) is 62.2. The Morgan fingerprint density at radius 1 is 0.340 bits per heavy atom. The number of carboxylic acids is 1. The number of nitrogens with zero attached hydrogens (tertiary/aromatic N) is 2. The molecule has 0 bridgehead atoms. The lowest BCUT2D eigenvalue weighted by Gasteiger charge is -2.40. The van der Waals surface area contributed by atoms with Crippen LogP contribution in [0.2, 0.25) is 109 Å². The van der Waals surface area contributed by atoms with Crippen LogP contribution >= 0.6 is 0 Å². The van der Waals surface area contributed by atoms with Crippen molar-refractivity contribution in [2.45, 2.75) is 532 Å². The molecule has 8 N–H and O–H groups in total. The molecule has 4 aliphatic carbocycles. The van der Waals surface area contributed by atoms with Crippen molar-refractivity contribution in [1.29, 1.82) is 0 Å². The average molecular weight is 2200 g/mol. The van der Waals surface area contributed by atoms with Gasteiger partial charge in [-0.2, -0.15) is 0 Å². The van der Waals surface area contributed by atoms with Gasteiger partial charge >= 0.3 is 23.9 Å². The van der Waals surface area contributed by atoms with E-state index in [-0.39, 0.29) is 109 Å². The number of hydrogen-bond acceptors (Lipinski definition) is 22. The first-order valence-corrected chi connectivity index (χ1v) is 75.0. The van der Waals surface area contributed by atoms with E-state index in [2.05, 4.69) is 226 Å². The normalized spacial score (nSPS) is 23.3. The predicted octanol–water partition coefficient (Wildman–Crippen LogP) is 30.2. The Hall–Kier alpha value is -5.05. The quantitative estimate of drug-likeness (QED) is 0.00403. The van der Waals surface area contributed by atoms with Gasteiger partial charge < -0.3 is 81.9 Å². The number of carbonyl (C=O) groups is 5. The summed E-state index contributed by atoms with van der Waals surface area (Å²) in [4.78, 5) is 64.9. The molecule has 23 nitrogen and oxygen atoms in total. The van der Waals surface area contributed by atoms with Gasteiger partial charge in [-0.1, -0.05) is 262 Å². The summed E-state index contributed by atoms with van der Waals surface area (Å²) in [6.45, 7) is 73.8. The number of unbranched alkanes of at least 4 members (excludes halogenated alkanes) is 12. The molecule has 0 radical (unpaired) electrons. The van der Waals surface area contributed by atoms with Crippen molar-refractivity contribution in [2.75, 3.05) is 27.1 Å². The Morgan fingerprint density at radius 3 is 0.807 bits per heavy atom. The van der Waals surface area contributed by atoms with E-state index in [1.165, 1.54) is 40.4 Å². The van der Waals surface area contributed by atoms with Crippen LogP contribution in [0.4, 0.5) is 17.1 Å². The number of aldehydes is 1. The van der Waals surface area contributed by atoms with Crippen LogP contribution in [0, 0.1) is 47.3 Å². The number of rotatable bonds is 57. The van der Waals surface area contributed by atoms with Gasteiger partial charge in [-0.25, -0.2) is 0 Å². The molecule has 29 heteroatoms. The summed E-state index contributed by atoms with van der Waals surface area (Å²) in [6.07, 6.45) is 34.7. The zero-order valence-corrected chi connectivity index (χ0v) is 106. The van der Waals surface area contributed by atoms with Crippen molar-refractivity contribution in [3.05, 3.63) is 104 Å². The number of carbonyl (C=O) groups excluding carboxylic acids is 4. The first-order chi connectivity index (χ1) is 69.6. The van der Waals surface area contributed by atoms with Gasteiger partial charge in [0, 0.05) is 43.8 Å². The maximum atomic E-state index is 11.6. The van der Waals surface area contributed by atoms with Crippen molar-refractivity contribution in [3.63, 3.8) is 0 Å². The van der Waals surface area contributed by atoms with E-state index in [0.717, 1.165) is 171 Å². The number of hydrogen-bond donors (Lipinski definition) is 7. The molecule has 862 valence electrons. The number of esters is 3. The molecule has 6 unspecified atom stereocenters. The minimum absolute atomic E-state index is 0.0196. The van der Waals surface area contributed by atoms with Gasteiger partial charge in [-0.3, -0.25) is 29.2 Å². The molecule has 150 heavy (non-hydrogen) atoms. The molecular weight excluding hydrogens is 1980 g/mol. The number of para-hydroxylation sites is 3. The molecular formula is C121H219N3O20Si6.